The van der Waals surface area contributed by atoms with Gasteiger partial charge < -0.3 is 14.6 Å². The summed E-state index contributed by atoms with van der Waals surface area (Å²) < 4.78 is 107. The highest BCUT2D eigenvalue weighted by atomic mass is 32.2. The van der Waals surface area contributed by atoms with E-state index >= 15 is 0 Å². The normalized spacial score (nSPS) is 15.1. The fourth-order valence-corrected chi connectivity index (χ4v) is 6.66. The number of fused-ring (bicyclic) bond motifs is 1. The Hall–Kier alpha value is -3.89. The summed E-state index contributed by atoms with van der Waals surface area (Å²) in [4.78, 5) is 22.9. The average Bonchev–Trinajstić information content (AvgIpc) is 3.49. The zero-order chi connectivity index (χ0) is 31.2. The predicted molar refractivity (Wildman–Crippen MR) is 148 cm³/mol. The molecular formula is C27H22F6N4O4S2. The third-order valence-electron chi connectivity index (χ3n) is 6.80. The first-order chi connectivity index (χ1) is 20.2. The molecule has 0 aliphatic carbocycles. The molecule has 16 heteroatoms. The largest absolute Gasteiger partial charge is 0.493 e. The van der Waals surface area contributed by atoms with E-state index in [1.54, 1.807) is 18.2 Å². The highest BCUT2D eigenvalue weighted by Gasteiger charge is 2.45. The molecule has 0 bridgehead atoms. The molecule has 3 aromatic carbocycles. The number of likely N-dealkylation sites (N-methyl/N-ethyl adjacent to an activating group) is 1. The van der Waals surface area contributed by atoms with E-state index < -0.39 is 43.9 Å². The third kappa shape index (κ3) is 6.26. The van der Waals surface area contributed by atoms with Crippen molar-refractivity contribution >= 4 is 48.9 Å². The summed E-state index contributed by atoms with van der Waals surface area (Å²) in [5, 5.41) is 1.55. The monoisotopic (exact) mass is 644 g/mol. The highest BCUT2D eigenvalue weighted by molar-refractivity contribution is 7.92. The van der Waals surface area contributed by atoms with E-state index in [1.165, 1.54) is 23.6 Å². The van der Waals surface area contributed by atoms with Crippen molar-refractivity contribution in [3.63, 3.8) is 0 Å². The minimum absolute atomic E-state index is 0.181. The van der Waals surface area contributed by atoms with E-state index in [0.717, 1.165) is 24.4 Å². The Kier molecular flexibility index (Phi) is 8.04. The van der Waals surface area contributed by atoms with Gasteiger partial charge in [-0.2, -0.15) is 34.8 Å². The van der Waals surface area contributed by atoms with E-state index in [-0.39, 0.29) is 4.47 Å². The number of thiazole rings is 1. The molecule has 4 aromatic rings. The zero-order valence-corrected chi connectivity index (χ0v) is 23.8. The molecule has 1 fully saturated rings. The summed E-state index contributed by atoms with van der Waals surface area (Å²) in [6, 6.07) is 12.0. The number of sulfonamides is 1. The van der Waals surface area contributed by atoms with Crippen molar-refractivity contribution in [2.24, 2.45) is 0 Å². The fourth-order valence-electron chi connectivity index (χ4n) is 4.62. The van der Waals surface area contributed by atoms with Crippen LogP contribution in [0, 0.1) is 0 Å². The standard InChI is InChI=1S/C27H22F6N4O4S2/c1-35-10-12-36(13-11-35)23-16-18(26(28,29)30)5-7-22(23)21-4-2-3-17-15-19(6-8-20(17)21)43(39,40)37(25-34-9-14-42-25)41-24(38)27(31,32)33/h2-9,14-16H,10-13H2,1H3. The Morgan fingerprint density at radius 1 is 0.953 bits per heavy atom. The Morgan fingerprint density at radius 2 is 1.67 bits per heavy atom. The minimum Gasteiger partial charge on any atom is -0.368 e. The average molecular weight is 645 g/mol. The van der Waals surface area contributed by atoms with Crippen LogP contribution in [0.3, 0.4) is 0 Å². The van der Waals surface area contributed by atoms with Gasteiger partial charge >= 0.3 is 18.3 Å². The van der Waals surface area contributed by atoms with Gasteiger partial charge in [-0.3, -0.25) is 0 Å². The van der Waals surface area contributed by atoms with Gasteiger partial charge in [0.1, 0.15) is 0 Å². The van der Waals surface area contributed by atoms with E-state index in [9.17, 15) is 39.6 Å². The second-order valence-electron chi connectivity index (χ2n) is 9.63. The first kappa shape index (κ1) is 30.6. The van der Waals surface area contributed by atoms with Crippen LogP contribution in [-0.4, -0.2) is 63.7 Å². The Balaban J connectivity index is 1.60. The lowest BCUT2D eigenvalue weighted by Gasteiger charge is -2.35. The van der Waals surface area contributed by atoms with Crippen molar-refractivity contribution in [2.75, 3.05) is 42.6 Å². The van der Waals surface area contributed by atoms with Crippen molar-refractivity contribution in [3.05, 3.63) is 71.7 Å². The molecule has 0 radical (unpaired) electrons. The fraction of sp³-hybridized carbons (Fsp3) is 0.259. The number of nitrogens with zero attached hydrogens (tertiary/aromatic N) is 4. The van der Waals surface area contributed by atoms with Gasteiger partial charge in [0.05, 0.1) is 10.5 Å². The molecule has 1 aliphatic heterocycles. The zero-order valence-electron chi connectivity index (χ0n) is 22.2. The number of halogens is 6. The third-order valence-corrected chi connectivity index (χ3v) is 9.19. The van der Waals surface area contributed by atoms with E-state index in [4.69, 9.17) is 0 Å². The summed E-state index contributed by atoms with van der Waals surface area (Å²) in [6.45, 7) is 2.25. The molecule has 0 spiro atoms. The summed E-state index contributed by atoms with van der Waals surface area (Å²) in [5.74, 6) is -2.76. The Bertz CT molecular complexity index is 1750. The Labute approximate surface area is 245 Å². The van der Waals surface area contributed by atoms with Crippen molar-refractivity contribution < 1.29 is 44.4 Å². The van der Waals surface area contributed by atoms with Gasteiger partial charge in [0.15, 0.2) is 0 Å². The molecular weight excluding hydrogens is 622 g/mol. The van der Waals surface area contributed by atoms with Crippen LogP contribution in [-0.2, 0) is 25.8 Å². The van der Waals surface area contributed by atoms with Gasteiger partial charge in [0.25, 0.3) is 10.0 Å². The van der Waals surface area contributed by atoms with Crippen molar-refractivity contribution in [2.45, 2.75) is 17.2 Å². The Morgan fingerprint density at radius 3 is 2.30 bits per heavy atom. The number of hydrogen-bond donors (Lipinski definition) is 0. The number of anilines is 2. The second kappa shape index (κ2) is 11.3. The number of benzene rings is 3. The molecule has 43 heavy (non-hydrogen) atoms. The summed E-state index contributed by atoms with van der Waals surface area (Å²) in [5.41, 5.74) is 0.558. The summed E-state index contributed by atoms with van der Waals surface area (Å²) in [6.07, 6.45) is -8.92. The van der Waals surface area contributed by atoms with Gasteiger partial charge in [-0.25, -0.2) is 9.78 Å². The SMILES string of the molecule is CN1CCN(c2cc(C(F)(F)F)ccc2-c2cccc3cc(S(=O)(=O)N(OC(=O)C(F)(F)F)c4nccs4)ccc23)CC1. The number of alkyl halides is 6. The lowest BCUT2D eigenvalue weighted by Crippen LogP contribution is -2.44. The lowest BCUT2D eigenvalue weighted by atomic mass is 9.95. The minimum atomic E-state index is -5.48. The molecule has 228 valence electrons. The van der Waals surface area contributed by atoms with Gasteiger partial charge in [0.2, 0.25) is 5.13 Å². The second-order valence-corrected chi connectivity index (χ2v) is 12.3. The van der Waals surface area contributed by atoms with Crippen LogP contribution in [0.5, 0.6) is 0 Å². The number of carbonyl (C=O) groups is 1. The lowest BCUT2D eigenvalue weighted by molar-refractivity contribution is -0.199. The van der Waals surface area contributed by atoms with E-state index in [1.807, 2.05) is 11.9 Å². The molecule has 5 rings (SSSR count). The van der Waals surface area contributed by atoms with Crippen molar-refractivity contribution in [3.8, 4) is 11.1 Å². The molecule has 0 amide bonds. The number of piperazine rings is 1. The van der Waals surface area contributed by atoms with Gasteiger partial charge in [0, 0.05) is 49.0 Å². The van der Waals surface area contributed by atoms with Crippen molar-refractivity contribution in [1.82, 2.24) is 9.88 Å². The highest BCUT2D eigenvalue weighted by Crippen LogP contribution is 2.41. The van der Waals surface area contributed by atoms with E-state index in [2.05, 4.69) is 14.7 Å². The molecule has 2 heterocycles. The number of rotatable bonds is 6. The number of aromatic nitrogens is 1. The maximum absolute atomic E-state index is 13.7. The predicted octanol–water partition coefficient (Wildman–Crippen LogP) is 5.95. The molecule has 0 saturated carbocycles. The first-order valence-electron chi connectivity index (χ1n) is 12.6. The smallest absolute Gasteiger partial charge is 0.368 e. The molecule has 1 saturated heterocycles. The van der Waals surface area contributed by atoms with Crippen molar-refractivity contribution in [1.29, 1.82) is 0 Å². The van der Waals surface area contributed by atoms with Crippen LogP contribution in [0.25, 0.3) is 21.9 Å². The van der Waals surface area contributed by atoms with Gasteiger partial charge in [-0.05, 0) is 47.6 Å². The molecule has 1 aliphatic rings. The van der Waals surface area contributed by atoms with Gasteiger partial charge in [-0.15, -0.1) is 11.3 Å². The topological polar surface area (TPSA) is 83.0 Å². The van der Waals surface area contributed by atoms with Crippen LogP contribution in [0.1, 0.15) is 5.56 Å². The summed E-state index contributed by atoms with van der Waals surface area (Å²) >= 11 is 0.630. The van der Waals surface area contributed by atoms with E-state index in [0.29, 0.717) is 65.1 Å². The maximum Gasteiger partial charge on any atom is 0.493 e. The molecule has 0 N–H and O–H groups in total. The molecule has 0 atom stereocenters. The van der Waals surface area contributed by atoms with Crippen LogP contribution in [0.15, 0.2) is 71.1 Å². The first-order valence-corrected chi connectivity index (χ1v) is 14.9. The number of hydrogen-bond acceptors (Lipinski definition) is 8. The molecule has 0 unspecified atom stereocenters. The van der Waals surface area contributed by atoms with Crippen LogP contribution >= 0.6 is 11.3 Å². The van der Waals surface area contributed by atoms with Crippen LogP contribution < -0.4 is 9.37 Å². The van der Waals surface area contributed by atoms with Crippen LogP contribution in [0.2, 0.25) is 0 Å². The maximum atomic E-state index is 13.7. The molecule has 1 aromatic heterocycles. The quantitative estimate of drug-likeness (QED) is 0.190. The van der Waals surface area contributed by atoms with Crippen LogP contribution in [0.4, 0.5) is 37.2 Å². The number of carbonyl (C=O) groups excluding carboxylic acids is 1. The van der Waals surface area contributed by atoms with Gasteiger partial charge in [-0.1, -0.05) is 34.8 Å². The molecule has 8 nitrogen and oxygen atoms in total. The summed E-state index contributed by atoms with van der Waals surface area (Å²) in [7, 11) is -2.98.